The van der Waals surface area contributed by atoms with Crippen LogP contribution in [-0.4, -0.2) is 31.0 Å². The number of halogens is 1. The second-order valence-electron chi connectivity index (χ2n) is 2.51. The van der Waals surface area contributed by atoms with E-state index in [9.17, 15) is 4.79 Å². The molecule has 0 radical (unpaired) electrons. The van der Waals surface area contributed by atoms with E-state index >= 15 is 0 Å². The highest BCUT2D eigenvalue weighted by Crippen LogP contribution is 2.03. The fourth-order valence-corrected chi connectivity index (χ4v) is 1.10. The van der Waals surface area contributed by atoms with Gasteiger partial charge in [0, 0.05) is 0 Å². The van der Waals surface area contributed by atoms with E-state index in [1.54, 1.807) is 12.1 Å². The van der Waals surface area contributed by atoms with Crippen molar-refractivity contribution in [2.75, 3.05) is 10.6 Å². The number of rotatable bonds is 2. The number of anilines is 1. The summed E-state index contributed by atoms with van der Waals surface area (Å²) >= 11 is 3.04. The number of aromatic nitrogens is 4. The zero-order valence-electron chi connectivity index (χ0n) is 7.01. The monoisotopic (exact) mass is 255 g/mol. The number of carbonyl (C=O) groups excluding carboxylic acids is 1. The summed E-state index contributed by atoms with van der Waals surface area (Å²) in [6.07, 6.45) is 1.40. The van der Waals surface area contributed by atoms with Crippen LogP contribution in [0.25, 0.3) is 5.65 Å². The molecule has 0 aliphatic rings. The standard InChI is InChI=1S/C7H6BrN5O/c8-3-7(14)11-5-1-2-6-9-4-10-13(6)12-5/h1-2,4H,3H2,(H,11,12,14). The third-order valence-corrected chi connectivity index (χ3v) is 2.05. The van der Waals surface area contributed by atoms with Gasteiger partial charge in [-0.1, -0.05) is 15.9 Å². The maximum absolute atomic E-state index is 11.0. The Morgan fingerprint density at radius 1 is 1.57 bits per heavy atom. The minimum atomic E-state index is -0.156. The Morgan fingerprint density at radius 2 is 2.43 bits per heavy atom. The molecule has 0 saturated heterocycles. The zero-order chi connectivity index (χ0) is 9.97. The van der Waals surface area contributed by atoms with Crippen molar-refractivity contribution < 1.29 is 4.79 Å². The van der Waals surface area contributed by atoms with Crippen molar-refractivity contribution >= 4 is 33.3 Å². The summed E-state index contributed by atoms with van der Waals surface area (Å²) in [7, 11) is 0. The molecule has 0 aliphatic heterocycles. The van der Waals surface area contributed by atoms with Gasteiger partial charge in [-0.3, -0.25) is 4.79 Å². The van der Waals surface area contributed by atoms with Crippen LogP contribution < -0.4 is 5.32 Å². The largest absolute Gasteiger partial charge is 0.308 e. The van der Waals surface area contributed by atoms with E-state index in [1.165, 1.54) is 11.0 Å². The van der Waals surface area contributed by atoms with Gasteiger partial charge < -0.3 is 5.32 Å². The van der Waals surface area contributed by atoms with Crippen LogP contribution in [-0.2, 0) is 4.79 Å². The Balaban J connectivity index is 2.30. The van der Waals surface area contributed by atoms with Crippen LogP contribution in [0.5, 0.6) is 0 Å². The molecule has 0 aromatic carbocycles. The fraction of sp³-hybridized carbons (Fsp3) is 0.143. The lowest BCUT2D eigenvalue weighted by molar-refractivity contribution is -0.113. The Hall–Kier alpha value is -1.50. The normalized spacial score (nSPS) is 10.4. The molecule has 2 aromatic rings. The molecule has 0 spiro atoms. The van der Waals surface area contributed by atoms with E-state index in [0.717, 1.165) is 0 Å². The van der Waals surface area contributed by atoms with Crippen molar-refractivity contribution in [2.24, 2.45) is 0 Å². The molecule has 72 valence electrons. The van der Waals surface area contributed by atoms with Crippen molar-refractivity contribution in [3.05, 3.63) is 18.5 Å². The van der Waals surface area contributed by atoms with Gasteiger partial charge in [0.1, 0.15) is 6.33 Å². The Morgan fingerprint density at radius 3 is 3.21 bits per heavy atom. The number of hydrogen-bond donors (Lipinski definition) is 1. The molecular weight excluding hydrogens is 250 g/mol. The summed E-state index contributed by atoms with van der Waals surface area (Å²) in [5.74, 6) is 0.296. The number of nitrogens with zero attached hydrogens (tertiary/aromatic N) is 4. The van der Waals surface area contributed by atoms with E-state index in [-0.39, 0.29) is 11.2 Å². The molecule has 0 atom stereocenters. The number of carbonyl (C=O) groups is 1. The molecule has 0 unspecified atom stereocenters. The first-order valence-corrected chi connectivity index (χ1v) is 4.94. The minimum Gasteiger partial charge on any atom is -0.308 e. The van der Waals surface area contributed by atoms with Gasteiger partial charge in [0.25, 0.3) is 0 Å². The lowest BCUT2D eigenvalue weighted by Gasteiger charge is -2.00. The first-order valence-electron chi connectivity index (χ1n) is 3.82. The lowest BCUT2D eigenvalue weighted by atomic mass is 10.5. The highest BCUT2D eigenvalue weighted by molar-refractivity contribution is 9.09. The second-order valence-corrected chi connectivity index (χ2v) is 3.07. The van der Waals surface area contributed by atoms with Crippen LogP contribution in [0.1, 0.15) is 0 Å². The molecule has 2 rings (SSSR count). The maximum atomic E-state index is 11.0. The van der Waals surface area contributed by atoms with Gasteiger partial charge >= 0.3 is 0 Å². The van der Waals surface area contributed by atoms with Gasteiger partial charge in [0.15, 0.2) is 11.5 Å². The van der Waals surface area contributed by atoms with Gasteiger partial charge in [-0.05, 0) is 12.1 Å². The molecular formula is C7H6BrN5O. The van der Waals surface area contributed by atoms with E-state index < -0.39 is 0 Å². The maximum Gasteiger partial charge on any atom is 0.236 e. The van der Waals surface area contributed by atoms with Gasteiger partial charge in [-0.2, -0.15) is 0 Å². The Bertz CT molecular complexity index is 468. The van der Waals surface area contributed by atoms with Gasteiger partial charge in [0.05, 0.1) is 5.33 Å². The van der Waals surface area contributed by atoms with Crippen molar-refractivity contribution in [2.45, 2.75) is 0 Å². The average molecular weight is 256 g/mol. The number of alkyl halides is 1. The minimum absolute atomic E-state index is 0.156. The topological polar surface area (TPSA) is 72.2 Å². The average Bonchev–Trinajstić information content (AvgIpc) is 2.64. The number of fused-ring (bicyclic) bond motifs is 1. The summed E-state index contributed by atoms with van der Waals surface area (Å²) in [6.45, 7) is 0. The number of amides is 1. The second kappa shape index (κ2) is 3.70. The summed E-state index contributed by atoms with van der Waals surface area (Å²) in [6, 6.07) is 3.40. The first kappa shape index (κ1) is 9.07. The summed E-state index contributed by atoms with van der Waals surface area (Å²) < 4.78 is 1.35. The quantitative estimate of drug-likeness (QED) is 0.792. The molecule has 0 fully saturated rings. The molecule has 2 aromatic heterocycles. The van der Waals surface area contributed by atoms with Gasteiger partial charge in [-0.15, -0.1) is 14.8 Å². The molecule has 14 heavy (non-hydrogen) atoms. The third kappa shape index (κ3) is 1.72. The molecule has 6 nitrogen and oxygen atoms in total. The predicted octanol–water partition coefficient (Wildman–Crippen LogP) is 0.458. The highest BCUT2D eigenvalue weighted by atomic mass is 79.9. The van der Waals surface area contributed by atoms with Crippen LogP contribution in [0.3, 0.4) is 0 Å². The van der Waals surface area contributed by atoms with Crippen LogP contribution >= 0.6 is 15.9 Å². The molecule has 0 saturated carbocycles. The molecule has 0 bridgehead atoms. The van der Waals surface area contributed by atoms with Crippen LogP contribution in [0.4, 0.5) is 5.82 Å². The van der Waals surface area contributed by atoms with Crippen molar-refractivity contribution in [3.63, 3.8) is 0 Å². The zero-order valence-corrected chi connectivity index (χ0v) is 8.60. The molecule has 0 aliphatic carbocycles. The summed E-state index contributed by atoms with van der Waals surface area (Å²) in [5, 5.41) is 10.7. The third-order valence-electron chi connectivity index (χ3n) is 1.54. The lowest BCUT2D eigenvalue weighted by Crippen LogP contribution is -2.14. The van der Waals surface area contributed by atoms with E-state index in [2.05, 4.69) is 36.4 Å². The number of nitrogens with one attached hydrogen (secondary N) is 1. The predicted molar refractivity (Wildman–Crippen MR) is 53.2 cm³/mol. The number of hydrogen-bond acceptors (Lipinski definition) is 4. The molecule has 7 heteroatoms. The smallest absolute Gasteiger partial charge is 0.236 e. The molecule has 1 amide bonds. The van der Waals surface area contributed by atoms with E-state index in [1.807, 2.05) is 0 Å². The van der Waals surface area contributed by atoms with E-state index in [0.29, 0.717) is 11.5 Å². The van der Waals surface area contributed by atoms with Crippen molar-refractivity contribution in [1.29, 1.82) is 0 Å². The van der Waals surface area contributed by atoms with Crippen LogP contribution in [0.2, 0.25) is 0 Å². The first-order chi connectivity index (χ1) is 6.79. The molecule has 2 heterocycles. The summed E-state index contributed by atoms with van der Waals surface area (Å²) in [4.78, 5) is 14.9. The van der Waals surface area contributed by atoms with Crippen molar-refractivity contribution in [3.8, 4) is 0 Å². The summed E-state index contributed by atoms with van der Waals surface area (Å²) in [5.41, 5.74) is 0.641. The SMILES string of the molecule is O=C(CBr)Nc1ccc2ncnn2n1. The Kier molecular flexibility index (Phi) is 2.40. The van der Waals surface area contributed by atoms with Crippen LogP contribution in [0, 0.1) is 0 Å². The van der Waals surface area contributed by atoms with E-state index in [4.69, 9.17) is 0 Å². The van der Waals surface area contributed by atoms with Crippen molar-refractivity contribution in [1.82, 2.24) is 19.8 Å². The van der Waals surface area contributed by atoms with Crippen LogP contribution in [0.15, 0.2) is 18.5 Å². The fourth-order valence-electron chi connectivity index (χ4n) is 0.963. The Labute approximate surface area is 87.5 Å². The van der Waals surface area contributed by atoms with Gasteiger partial charge in [0.2, 0.25) is 5.91 Å². The van der Waals surface area contributed by atoms with Gasteiger partial charge in [-0.25, -0.2) is 4.98 Å². The highest BCUT2D eigenvalue weighted by Gasteiger charge is 2.02. The molecule has 1 N–H and O–H groups in total.